The molecule has 4 nitrogen and oxygen atoms in total. The van der Waals surface area contributed by atoms with Gasteiger partial charge in [-0.2, -0.15) is 0 Å². The van der Waals surface area contributed by atoms with E-state index >= 15 is 0 Å². The van der Waals surface area contributed by atoms with Gasteiger partial charge in [-0.05, 0) is 12.0 Å². The minimum atomic E-state index is 0.156. The van der Waals surface area contributed by atoms with E-state index < -0.39 is 0 Å². The summed E-state index contributed by atoms with van der Waals surface area (Å²) in [4.78, 5) is 2.38. The van der Waals surface area contributed by atoms with Crippen molar-refractivity contribution in [2.45, 2.75) is 19.9 Å². The molecule has 1 aromatic carbocycles. The zero-order valence-electron chi connectivity index (χ0n) is 13.1. The third-order valence-electron chi connectivity index (χ3n) is 3.34. The summed E-state index contributed by atoms with van der Waals surface area (Å²) in [7, 11) is 3.43. The van der Waals surface area contributed by atoms with E-state index in [1.54, 1.807) is 14.2 Å². The van der Waals surface area contributed by atoms with Crippen LogP contribution in [0, 0.1) is 5.92 Å². The van der Waals surface area contributed by atoms with E-state index in [1.807, 2.05) is 18.2 Å². The molecule has 0 aromatic heterocycles. The molecule has 1 atom stereocenters. The van der Waals surface area contributed by atoms with Crippen LogP contribution in [0.2, 0.25) is 0 Å². The topological polar surface area (TPSA) is 47.7 Å². The third kappa shape index (κ3) is 4.78. The highest BCUT2D eigenvalue weighted by atomic mass is 16.5. The van der Waals surface area contributed by atoms with E-state index in [9.17, 15) is 0 Å². The molecular weight excluding hydrogens is 252 g/mol. The summed E-state index contributed by atoms with van der Waals surface area (Å²) in [5.74, 6) is 1.48. The summed E-state index contributed by atoms with van der Waals surface area (Å²) in [5.41, 5.74) is 7.19. The molecule has 0 bridgehead atoms. The second-order valence-corrected chi connectivity index (χ2v) is 5.38. The van der Waals surface area contributed by atoms with Crippen molar-refractivity contribution in [1.82, 2.24) is 4.90 Å². The van der Waals surface area contributed by atoms with E-state index in [-0.39, 0.29) is 6.04 Å². The largest absolute Gasteiger partial charge is 0.496 e. The number of rotatable bonds is 9. The highest BCUT2D eigenvalue weighted by Gasteiger charge is 2.22. The number of hydrogen-bond donors (Lipinski definition) is 1. The first-order chi connectivity index (χ1) is 9.63. The van der Waals surface area contributed by atoms with Gasteiger partial charge >= 0.3 is 0 Å². The number of ether oxygens (including phenoxy) is 2. The van der Waals surface area contributed by atoms with Crippen LogP contribution in [-0.2, 0) is 4.74 Å². The van der Waals surface area contributed by atoms with E-state index in [0.717, 1.165) is 24.4 Å². The van der Waals surface area contributed by atoms with Gasteiger partial charge in [-0.1, -0.05) is 32.0 Å². The summed E-state index contributed by atoms with van der Waals surface area (Å²) in [5, 5.41) is 0. The normalized spacial score (nSPS) is 12.9. The average Bonchev–Trinajstić information content (AvgIpc) is 2.45. The molecule has 1 rings (SSSR count). The summed E-state index contributed by atoms with van der Waals surface area (Å²) >= 11 is 0. The molecule has 1 aromatic rings. The van der Waals surface area contributed by atoms with E-state index in [0.29, 0.717) is 19.1 Å². The van der Waals surface area contributed by atoms with Crippen molar-refractivity contribution in [2.75, 3.05) is 40.5 Å². The molecule has 0 aliphatic rings. The molecular formula is C16H28N2O2. The lowest BCUT2D eigenvalue weighted by atomic mass is 10.0. The zero-order valence-corrected chi connectivity index (χ0v) is 13.1. The first kappa shape index (κ1) is 17.0. The SMILES string of the molecule is COCCN(CC(C)C)C(CN)c1ccccc1OC. The van der Waals surface area contributed by atoms with Crippen LogP contribution in [0.25, 0.3) is 0 Å². The molecule has 20 heavy (non-hydrogen) atoms. The monoisotopic (exact) mass is 280 g/mol. The van der Waals surface area contributed by atoms with Crippen LogP contribution in [0.4, 0.5) is 0 Å². The van der Waals surface area contributed by atoms with Crippen molar-refractivity contribution in [3.8, 4) is 5.75 Å². The van der Waals surface area contributed by atoms with Gasteiger partial charge in [-0.3, -0.25) is 4.90 Å². The van der Waals surface area contributed by atoms with E-state index in [1.165, 1.54) is 0 Å². The Hall–Kier alpha value is -1.10. The average molecular weight is 280 g/mol. The van der Waals surface area contributed by atoms with Gasteiger partial charge in [-0.15, -0.1) is 0 Å². The maximum absolute atomic E-state index is 6.04. The first-order valence-electron chi connectivity index (χ1n) is 7.20. The highest BCUT2D eigenvalue weighted by molar-refractivity contribution is 5.36. The van der Waals surface area contributed by atoms with Crippen molar-refractivity contribution in [1.29, 1.82) is 0 Å². The molecule has 0 aliphatic carbocycles. The summed E-state index contributed by atoms with van der Waals surface area (Å²) < 4.78 is 10.7. The Kier molecular flexibility index (Phi) is 7.59. The maximum atomic E-state index is 6.04. The van der Waals surface area contributed by atoms with Gasteiger partial charge in [0.05, 0.1) is 19.8 Å². The van der Waals surface area contributed by atoms with Gasteiger partial charge in [0, 0.05) is 32.3 Å². The lowest BCUT2D eigenvalue weighted by Crippen LogP contribution is -2.38. The molecule has 2 N–H and O–H groups in total. The van der Waals surface area contributed by atoms with Crippen molar-refractivity contribution in [3.05, 3.63) is 29.8 Å². The molecule has 0 saturated carbocycles. The quantitative estimate of drug-likeness (QED) is 0.754. The first-order valence-corrected chi connectivity index (χ1v) is 7.20. The fraction of sp³-hybridized carbons (Fsp3) is 0.625. The standard InChI is InChI=1S/C16H28N2O2/c1-13(2)12-18(9-10-19-3)15(11-17)14-7-5-6-8-16(14)20-4/h5-8,13,15H,9-12,17H2,1-4H3. The van der Waals surface area contributed by atoms with Crippen LogP contribution in [0.15, 0.2) is 24.3 Å². The van der Waals surface area contributed by atoms with E-state index in [4.69, 9.17) is 15.2 Å². The minimum absolute atomic E-state index is 0.156. The van der Waals surface area contributed by atoms with Crippen LogP contribution in [0.3, 0.4) is 0 Å². The Bertz CT molecular complexity index is 382. The Morgan fingerprint density at radius 1 is 1.20 bits per heavy atom. The van der Waals surface area contributed by atoms with Gasteiger partial charge in [0.25, 0.3) is 0 Å². The van der Waals surface area contributed by atoms with Gasteiger partial charge in [-0.25, -0.2) is 0 Å². The van der Waals surface area contributed by atoms with Crippen LogP contribution in [0.5, 0.6) is 5.75 Å². The summed E-state index contributed by atoms with van der Waals surface area (Å²) in [6.45, 7) is 7.57. The zero-order chi connectivity index (χ0) is 15.0. The number of benzene rings is 1. The Labute approximate surface area is 122 Å². The molecule has 0 spiro atoms. The van der Waals surface area contributed by atoms with E-state index in [2.05, 4.69) is 24.8 Å². The van der Waals surface area contributed by atoms with Crippen molar-refractivity contribution < 1.29 is 9.47 Å². The van der Waals surface area contributed by atoms with Crippen LogP contribution in [0.1, 0.15) is 25.5 Å². The molecule has 4 heteroatoms. The molecule has 0 amide bonds. The molecule has 0 heterocycles. The highest BCUT2D eigenvalue weighted by Crippen LogP contribution is 2.29. The molecule has 0 radical (unpaired) electrons. The molecule has 114 valence electrons. The van der Waals surface area contributed by atoms with Crippen LogP contribution in [-0.4, -0.2) is 45.4 Å². The Balaban J connectivity index is 2.98. The fourth-order valence-corrected chi connectivity index (χ4v) is 2.47. The van der Waals surface area contributed by atoms with Crippen molar-refractivity contribution in [3.63, 3.8) is 0 Å². The molecule has 1 unspecified atom stereocenters. The smallest absolute Gasteiger partial charge is 0.123 e. The number of para-hydroxylation sites is 1. The number of nitrogens with two attached hydrogens (primary N) is 1. The number of hydrogen-bond acceptors (Lipinski definition) is 4. The third-order valence-corrected chi connectivity index (χ3v) is 3.34. The summed E-state index contributed by atoms with van der Waals surface area (Å²) in [6, 6.07) is 8.25. The van der Waals surface area contributed by atoms with Gasteiger partial charge in [0.15, 0.2) is 0 Å². The Morgan fingerprint density at radius 2 is 1.90 bits per heavy atom. The maximum Gasteiger partial charge on any atom is 0.123 e. The number of methoxy groups -OCH3 is 2. The van der Waals surface area contributed by atoms with Gasteiger partial charge in [0.1, 0.15) is 5.75 Å². The second kappa shape index (κ2) is 8.95. The lowest BCUT2D eigenvalue weighted by molar-refractivity contribution is 0.111. The van der Waals surface area contributed by atoms with Crippen LogP contribution < -0.4 is 10.5 Å². The lowest BCUT2D eigenvalue weighted by Gasteiger charge is -2.33. The molecule has 0 saturated heterocycles. The predicted octanol–water partition coefficient (Wildman–Crippen LogP) is 2.30. The number of nitrogens with zero attached hydrogens (tertiary/aromatic N) is 1. The van der Waals surface area contributed by atoms with Crippen LogP contribution >= 0.6 is 0 Å². The Morgan fingerprint density at radius 3 is 2.45 bits per heavy atom. The summed E-state index contributed by atoms with van der Waals surface area (Å²) in [6.07, 6.45) is 0. The van der Waals surface area contributed by atoms with Gasteiger partial charge in [0.2, 0.25) is 0 Å². The minimum Gasteiger partial charge on any atom is -0.496 e. The second-order valence-electron chi connectivity index (χ2n) is 5.38. The van der Waals surface area contributed by atoms with Crippen molar-refractivity contribution in [2.24, 2.45) is 11.7 Å². The predicted molar refractivity (Wildman–Crippen MR) is 83.1 cm³/mol. The molecule has 0 aliphatic heterocycles. The van der Waals surface area contributed by atoms with Gasteiger partial charge < -0.3 is 15.2 Å². The fourth-order valence-electron chi connectivity index (χ4n) is 2.47. The van der Waals surface area contributed by atoms with Crippen molar-refractivity contribution >= 4 is 0 Å². The molecule has 0 fully saturated rings.